The Morgan fingerprint density at radius 3 is 2.58 bits per heavy atom. The van der Waals surface area contributed by atoms with Gasteiger partial charge in [0.1, 0.15) is 0 Å². The number of benzene rings is 1. The molecule has 2 aliphatic carbocycles. The van der Waals surface area contributed by atoms with Crippen LogP contribution in [0.25, 0.3) is 22.3 Å². The van der Waals surface area contributed by atoms with Gasteiger partial charge in [-0.25, -0.2) is 18.7 Å². The van der Waals surface area contributed by atoms with Crippen LogP contribution in [-0.2, 0) is 6.42 Å². The second-order valence-electron chi connectivity index (χ2n) is 9.15. The van der Waals surface area contributed by atoms with E-state index in [0.717, 1.165) is 54.0 Å². The summed E-state index contributed by atoms with van der Waals surface area (Å²) in [5.41, 5.74) is 11.7. The predicted molar refractivity (Wildman–Crippen MR) is 121 cm³/mol. The molecule has 0 radical (unpaired) electrons. The molecule has 3 heterocycles. The van der Waals surface area contributed by atoms with E-state index < -0.39 is 11.6 Å². The van der Waals surface area contributed by atoms with Gasteiger partial charge in [0.25, 0.3) is 0 Å². The third-order valence-electron chi connectivity index (χ3n) is 7.40. The molecule has 3 aliphatic rings. The first-order valence-electron chi connectivity index (χ1n) is 11.0. The first kappa shape index (κ1) is 20.3. The second-order valence-corrected chi connectivity index (χ2v) is 9.15. The SMILES string of the molecule is CNc1cc(F)c(F)c2c1Cc1ncc(-c3cnc(OC)nc3)c(N3CCC4(C[C@@H]4N)C3)c1-2. The third kappa shape index (κ3) is 2.91. The van der Waals surface area contributed by atoms with Gasteiger partial charge in [-0.1, -0.05) is 0 Å². The zero-order valence-corrected chi connectivity index (χ0v) is 18.5. The summed E-state index contributed by atoms with van der Waals surface area (Å²) in [5.74, 6) is -1.72. The highest BCUT2D eigenvalue weighted by Crippen LogP contribution is 2.56. The Labute approximate surface area is 190 Å². The molecule has 2 aromatic heterocycles. The smallest absolute Gasteiger partial charge is 0.316 e. The second kappa shape index (κ2) is 7.08. The van der Waals surface area contributed by atoms with Gasteiger partial charge in [0.15, 0.2) is 11.6 Å². The highest BCUT2D eigenvalue weighted by atomic mass is 19.2. The van der Waals surface area contributed by atoms with Crippen LogP contribution in [0.1, 0.15) is 24.1 Å². The van der Waals surface area contributed by atoms with Crippen LogP contribution in [0.3, 0.4) is 0 Å². The van der Waals surface area contributed by atoms with Gasteiger partial charge in [-0.3, -0.25) is 4.98 Å². The Kier molecular flexibility index (Phi) is 4.35. The molecule has 1 spiro atoms. The van der Waals surface area contributed by atoms with E-state index in [1.807, 2.05) is 0 Å². The Morgan fingerprint density at radius 1 is 1.18 bits per heavy atom. The molecule has 33 heavy (non-hydrogen) atoms. The molecule has 1 aromatic carbocycles. The monoisotopic (exact) mass is 450 g/mol. The molecule has 3 aromatic rings. The van der Waals surface area contributed by atoms with E-state index in [9.17, 15) is 4.39 Å². The summed E-state index contributed by atoms with van der Waals surface area (Å²) in [6.45, 7) is 1.57. The standard InChI is InChI=1S/C24H24F2N6O/c1-28-16-6-15(25)21(26)19-13(16)5-17-20(19)22(32-4-3-24(11-32)7-18(24)27)14(10-29-17)12-8-30-23(33-2)31-9-12/h6,8-10,18,28H,3-5,7,11,27H2,1-2H3/t18-,24?/m0/s1. The van der Waals surface area contributed by atoms with Gasteiger partial charge in [0, 0.05) is 90.6 Å². The van der Waals surface area contributed by atoms with Crippen molar-refractivity contribution in [3.63, 3.8) is 0 Å². The number of methoxy groups -OCH3 is 1. The van der Waals surface area contributed by atoms with Crippen molar-refractivity contribution in [3.8, 4) is 28.3 Å². The number of hydrogen-bond donors (Lipinski definition) is 2. The minimum Gasteiger partial charge on any atom is -0.467 e. The van der Waals surface area contributed by atoms with Gasteiger partial charge in [-0.05, 0) is 18.4 Å². The summed E-state index contributed by atoms with van der Waals surface area (Å²) in [7, 11) is 3.22. The summed E-state index contributed by atoms with van der Waals surface area (Å²) in [5, 5.41) is 3.01. The fourth-order valence-corrected chi connectivity index (χ4v) is 5.47. The molecule has 2 fully saturated rings. The number of hydrogen-bond acceptors (Lipinski definition) is 7. The first-order valence-corrected chi connectivity index (χ1v) is 11.0. The van der Waals surface area contributed by atoms with Gasteiger partial charge in [0.2, 0.25) is 0 Å². The van der Waals surface area contributed by atoms with Crippen molar-refractivity contribution in [2.45, 2.75) is 25.3 Å². The van der Waals surface area contributed by atoms with Gasteiger partial charge in [0.05, 0.1) is 18.5 Å². The number of nitrogens with zero attached hydrogens (tertiary/aromatic N) is 4. The lowest BCUT2D eigenvalue weighted by molar-refractivity contribution is 0.380. The molecular weight excluding hydrogens is 426 g/mol. The zero-order chi connectivity index (χ0) is 22.9. The molecule has 3 N–H and O–H groups in total. The summed E-state index contributed by atoms with van der Waals surface area (Å²) < 4.78 is 35.0. The summed E-state index contributed by atoms with van der Waals surface area (Å²) in [4.78, 5) is 15.4. The van der Waals surface area contributed by atoms with Crippen molar-refractivity contribution in [1.82, 2.24) is 15.0 Å². The number of pyridine rings is 1. The Balaban J connectivity index is 1.59. The lowest BCUT2D eigenvalue weighted by atomic mass is 9.98. The number of nitrogens with two attached hydrogens (primary N) is 1. The van der Waals surface area contributed by atoms with Crippen molar-refractivity contribution in [1.29, 1.82) is 0 Å². The fraction of sp³-hybridized carbons (Fsp3) is 0.375. The molecule has 1 aliphatic heterocycles. The van der Waals surface area contributed by atoms with Crippen LogP contribution in [0.15, 0.2) is 24.7 Å². The molecule has 7 nitrogen and oxygen atoms in total. The lowest BCUT2D eigenvalue weighted by Gasteiger charge is -2.26. The molecule has 1 saturated carbocycles. The van der Waals surface area contributed by atoms with Crippen LogP contribution in [0, 0.1) is 17.0 Å². The number of halogens is 2. The maximum atomic E-state index is 15.3. The third-order valence-corrected chi connectivity index (χ3v) is 7.40. The molecule has 0 amide bonds. The van der Waals surface area contributed by atoms with Crippen LogP contribution in [0.5, 0.6) is 6.01 Å². The number of anilines is 2. The maximum Gasteiger partial charge on any atom is 0.316 e. The fourth-order valence-electron chi connectivity index (χ4n) is 5.47. The van der Waals surface area contributed by atoms with Gasteiger partial charge < -0.3 is 20.7 Å². The minimum atomic E-state index is -0.878. The largest absolute Gasteiger partial charge is 0.467 e. The highest BCUT2D eigenvalue weighted by molar-refractivity contribution is 5.96. The van der Waals surface area contributed by atoms with E-state index in [4.69, 9.17) is 10.5 Å². The zero-order valence-electron chi connectivity index (χ0n) is 18.5. The van der Waals surface area contributed by atoms with Crippen LogP contribution in [-0.4, -0.2) is 48.2 Å². The Hall–Kier alpha value is -3.33. The Bertz CT molecular complexity index is 1280. The van der Waals surface area contributed by atoms with Gasteiger partial charge in [-0.15, -0.1) is 0 Å². The van der Waals surface area contributed by atoms with E-state index in [2.05, 4.69) is 25.2 Å². The topological polar surface area (TPSA) is 89.2 Å². The molecule has 170 valence electrons. The number of aromatic nitrogens is 3. The molecule has 0 bridgehead atoms. The predicted octanol–water partition coefficient (Wildman–Crippen LogP) is 3.37. The minimum absolute atomic E-state index is 0.0991. The number of nitrogens with one attached hydrogen (secondary N) is 1. The van der Waals surface area contributed by atoms with E-state index in [0.29, 0.717) is 17.7 Å². The van der Waals surface area contributed by atoms with Crippen LogP contribution >= 0.6 is 0 Å². The average molecular weight is 450 g/mol. The highest BCUT2D eigenvalue weighted by Gasteiger charge is 2.56. The van der Waals surface area contributed by atoms with Crippen molar-refractivity contribution in [2.75, 3.05) is 37.5 Å². The quantitative estimate of drug-likeness (QED) is 0.493. The number of fused-ring (bicyclic) bond motifs is 3. The molecule has 1 saturated heterocycles. The van der Waals surface area contributed by atoms with Crippen molar-refractivity contribution < 1.29 is 13.5 Å². The number of rotatable bonds is 4. The van der Waals surface area contributed by atoms with Crippen molar-refractivity contribution >= 4 is 11.4 Å². The van der Waals surface area contributed by atoms with Crippen LogP contribution in [0.4, 0.5) is 20.2 Å². The normalized spacial score (nSPS) is 22.5. The molecular formula is C24H24F2N6O. The van der Waals surface area contributed by atoms with Gasteiger partial charge >= 0.3 is 6.01 Å². The molecule has 1 unspecified atom stereocenters. The molecule has 2 atom stereocenters. The summed E-state index contributed by atoms with van der Waals surface area (Å²) in [6, 6.07) is 1.66. The summed E-state index contributed by atoms with van der Waals surface area (Å²) >= 11 is 0. The summed E-state index contributed by atoms with van der Waals surface area (Å²) in [6.07, 6.45) is 7.53. The van der Waals surface area contributed by atoms with E-state index >= 15 is 4.39 Å². The molecule has 6 rings (SSSR count). The number of ether oxygens (including phenoxy) is 1. The first-order chi connectivity index (χ1) is 16.0. The van der Waals surface area contributed by atoms with Crippen molar-refractivity contribution in [3.05, 3.63) is 47.5 Å². The van der Waals surface area contributed by atoms with Crippen LogP contribution in [0.2, 0.25) is 0 Å². The Morgan fingerprint density at radius 2 is 1.94 bits per heavy atom. The molecule has 9 heteroatoms. The average Bonchev–Trinajstić information content (AvgIpc) is 3.16. The maximum absolute atomic E-state index is 15.3. The lowest BCUT2D eigenvalue weighted by Crippen LogP contribution is -2.24. The van der Waals surface area contributed by atoms with Gasteiger partial charge in [-0.2, -0.15) is 0 Å². The van der Waals surface area contributed by atoms with E-state index in [1.54, 1.807) is 25.6 Å². The van der Waals surface area contributed by atoms with Crippen molar-refractivity contribution in [2.24, 2.45) is 11.1 Å². The van der Waals surface area contributed by atoms with E-state index in [1.165, 1.54) is 13.2 Å². The van der Waals surface area contributed by atoms with Crippen LogP contribution < -0.4 is 20.7 Å². The van der Waals surface area contributed by atoms with E-state index in [-0.39, 0.29) is 23.0 Å².